The van der Waals surface area contributed by atoms with Crippen molar-refractivity contribution < 1.29 is 9.18 Å². The van der Waals surface area contributed by atoms with Crippen molar-refractivity contribution in [2.75, 3.05) is 0 Å². The minimum absolute atomic E-state index is 0.0405. The van der Waals surface area contributed by atoms with Gasteiger partial charge >= 0.3 is 0 Å². The van der Waals surface area contributed by atoms with Gasteiger partial charge in [-0.2, -0.15) is 0 Å². The zero-order valence-corrected chi connectivity index (χ0v) is 14.4. The van der Waals surface area contributed by atoms with Gasteiger partial charge in [0.15, 0.2) is 0 Å². The van der Waals surface area contributed by atoms with Crippen LogP contribution < -0.4 is 5.32 Å². The zero-order valence-electron chi connectivity index (χ0n) is 14.4. The first-order valence-corrected chi connectivity index (χ1v) is 8.32. The summed E-state index contributed by atoms with van der Waals surface area (Å²) in [6.07, 6.45) is 4.18. The van der Waals surface area contributed by atoms with Gasteiger partial charge in [0.2, 0.25) is 5.91 Å². The summed E-state index contributed by atoms with van der Waals surface area (Å²) in [5, 5.41) is 3.05. The molecule has 3 heteroatoms. The highest BCUT2D eigenvalue weighted by Crippen LogP contribution is 2.22. The van der Waals surface area contributed by atoms with Crippen LogP contribution in [0.25, 0.3) is 6.08 Å². The molecular formula is C21H24FNO. The van der Waals surface area contributed by atoms with E-state index >= 15 is 0 Å². The second-order valence-corrected chi connectivity index (χ2v) is 6.21. The summed E-state index contributed by atoms with van der Waals surface area (Å²) in [4.78, 5) is 12.2. The molecule has 2 nitrogen and oxygen atoms in total. The van der Waals surface area contributed by atoms with E-state index in [1.54, 1.807) is 18.2 Å². The number of nitrogens with one attached hydrogen (secondary N) is 1. The fourth-order valence-electron chi connectivity index (χ4n) is 2.54. The van der Waals surface area contributed by atoms with Crippen LogP contribution in [-0.4, -0.2) is 5.91 Å². The van der Waals surface area contributed by atoms with Gasteiger partial charge in [-0.1, -0.05) is 57.2 Å². The van der Waals surface area contributed by atoms with Crippen LogP contribution >= 0.6 is 0 Å². The summed E-state index contributed by atoms with van der Waals surface area (Å²) in [6.45, 7) is 6.29. The summed E-state index contributed by atoms with van der Waals surface area (Å²) in [6, 6.07) is 14.4. The van der Waals surface area contributed by atoms with Gasteiger partial charge < -0.3 is 5.32 Å². The molecule has 0 bridgehead atoms. The Balaban J connectivity index is 2.06. The van der Waals surface area contributed by atoms with Crippen molar-refractivity contribution >= 4 is 12.0 Å². The fraction of sp³-hybridized carbons (Fsp3) is 0.286. The van der Waals surface area contributed by atoms with Gasteiger partial charge in [-0.25, -0.2) is 4.39 Å². The molecule has 2 aromatic rings. The number of rotatable bonds is 6. The zero-order chi connectivity index (χ0) is 17.5. The van der Waals surface area contributed by atoms with Crippen LogP contribution in [0.15, 0.2) is 54.6 Å². The molecule has 0 aromatic heterocycles. The first-order chi connectivity index (χ1) is 11.5. The van der Waals surface area contributed by atoms with Gasteiger partial charge in [0.1, 0.15) is 5.82 Å². The van der Waals surface area contributed by atoms with Crippen molar-refractivity contribution in [2.24, 2.45) is 5.92 Å². The number of carbonyl (C=O) groups excluding carboxylic acids is 1. The maximum Gasteiger partial charge on any atom is 0.244 e. The third-order valence-electron chi connectivity index (χ3n) is 4.01. The number of amides is 1. The molecule has 0 spiro atoms. The molecule has 2 rings (SSSR count). The van der Waals surface area contributed by atoms with Crippen LogP contribution in [-0.2, 0) is 11.2 Å². The van der Waals surface area contributed by atoms with E-state index in [0.29, 0.717) is 0 Å². The molecule has 0 saturated heterocycles. The van der Waals surface area contributed by atoms with Crippen LogP contribution in [0, 0.1) is 11.7 Å². The van der Waals surface area contributed by atoms with E-state index in [4.69, 9.17) is 0 Å². The van der Waals surface area contributed by atoms with E-state index in [9.17, 15) is 9.18 Å². The second-order valence-electron chi connectivity index (χ2n) is 6.21. The molecule has 0 heterocycles. The maximum absolute atomic E-state index is 12.9. The third-order valence-corrected chi connectivity index (χ3v) is 4.01. The maximum atomic E-state index is 12.9. The largest absolute Gasteiger partial charge is 0.345 e. The predicted octanol–water partition coefficient (Wildman–Crippen LogP) is 4.91. The Kier molecular flexibility index (Phi) is 6.30. The van der Waals surface area contributed by atoms with Crippen LogP contribution in [0.2, 0.25) is 0 Å². The van der Waals surface area contributed by atoms with E-state index in [0.717, 1.165) is 17.5 Å². The summed E-state index contributed by atoms with van der Waals surface area (Å²) in [7, 11) is 0. The Morgan fingerprint density at radius 2 is 1.71 bits per heavy atom. The standard InChI is InChI=1S/C21H24FNO/c1-4-16-5-10-18(11-6-16)21(15(2)3)23-20(24)14-9-17-7-12-19(22)13-8-17/h5-15,21H,4H2,1-3H3,(H,23,24)/b14-9+/t21-/m1/s1. The molecule has 0 radical (unpaired) electrons. The summed E-state index contributed by atoms with van der Waals surface area (Å²) in [5.41, 5.74) is 3.18. The molecule has 0 aliphatic heterocycles. The lowest BCUT2D eigenvalue weighted by molar-refractivity contribution is -0.117. The normalized spacial score (nSPS) is 12.5. The van der Waals surface area contributed by atoms with Crippen LogP contribution in [0.4, 0.5) is 4.39 Å². The molecule has 0 fully saturated rings. The number of benzene rings is 2. The molecule has 1 N–H and O–H groups in total. The highest BCUT2D eigenvalue weighted by atomic mass is 19.1. The molecule has 1 atom stereocenters. The number of hydrogen-bond donors (Lipinski definition) is 1. The first kappa shape index (κ1) is 17.9. The van der Waals surface area contributed by atoms with Gasteiger partial charge in [-0.3, -0.25) is 4.79 Å². The van der Waals surface area contributed by atoms with Crippen LogP contribution in [0.1, 0.15) is 43.5 Å². The van der Waals surface area contributed by atoms with Crippen LogP contribution in [0.3, 0.4) is 0 Å². The SMILES string of the molecule is CCc1ccc([C@H](NC(=O)/C=C/c2ccc(F)cc2)C(C)C)cc1. The fourth-order valence-corrected chi connectivity index (χ4v) is 2.54. The average molecular weight is 325 g/mol. The molecule has 0 aliphatic rings. The highest BCUT2D eigenvalue weighted by molar-refractivity contribution is 5.92. The summed E-state index contributed by atoms with van der Waals surface area (Å²) >= 11 is 0. The van der Waals surface area contributed by atoms with Gasteiger partial charge in [0, 0.05) is 6.08 Å². The summed E-state index contributed by atoms with van der Waals surface area (Å²) in [5.74, 6) is -0.162. The quantitative estimate of drug-likeness (QED) is 0.751. The third kappa shape index (κ3) is 5.05. The number of halogens is 1. The molecule has 0 saturated carbocycles. The van der Waals surface area contributed by atoms with Crippen molar-refractivity contribution in [3.8, 4) is 0 Å². The lowest BCUT2D eigenvalue weighted by Crippen LogP contribution is -2.30. The number of aryl methyl sites for hydroxylation is 1. The first-order valence-electron chi connectivity index (χ1n) is 8.32. The Morgan fingerprint density at radius 3 is 2.25 bits per heavy atom. The Bertz CT molecular complexity index is 687. The van der Waals surface area contributed by atoms with E-state index in [-0.39, 0.29) is 23.7 Å². The lowest BCUT2D eigenvalue weighted by atomic mass is 9.95. The van der Waals surface area contributed by atoms with Crippen molar-refractivity contribution in [1.29, 1.82) is 0 Å². The minimum Gasteiger partial charge on any atom is -0.345 e. The van der Waals surface area contributed by atoms with Crippen molar-refractivity contribution in [3.63, 3.8) is 0 Å². The second kappa shape index (κ2) is 8.44. The van der Waals surface area contributed by atoms with Crippen molar-refractivity contribution in [3.05, 3.63) is 77.1 Å². The number of carbonyl (C=O) groups is 1. The molecule has 24 heavy (non-hydrogen) atoms. The lowest BCUT2D eigenvalue weighted by Gasteiger charge is -2.22. The topological polar surface area (TPSA) is 29.1 Å². The van der Waals surface area contributed by atoms with Gasteiger partial charge in [0.05, 0.1) is 6.04 Å². The number of hydrogen-bond acceptors (Lipinski definition) is 1. The molecule has 2 aromatic carbocycles. The van der Waals surface area contributed by atoms with E-state index in [1.807, 2.05) is 0 Å². The molecule has 0 unspecified atom stereocenters. The summed E-state index contributed by atoms with van der Waals surface area (Å²) < 4.78 is 12.9. The van der Waals surface area contributed by atoms with E-state index in [2.05, 4.69) is 50.4 Å². The predicted molar refractivity (Wildman–Crippen MR) is 97.0 cm³/mol. The van der Waals surface area contributed by atoms with Crippen molar-refractivity contribution in [2.45, 2.75) is 33.2 Å². The van der Waals surface area contributed by atoms with Gasteiger partial charge in [-0.05, 0) is 47.2 Å². The van der Waals surface area contributed by atoms with E-state index < -0.39 is 0 Å². The van der Waals surface area contributed by atoms with Crippen molar-refractivity contribution in [1.82, 2.24) is 5.32 Å². The highest BCUT2D eigenvalue weighted by Gasteiger charge is 2.17. The van der Waals surface area contributed by atoms with E-state index in [1.165, 1.54) is 23.8 Å². The molecule has 126 valence electrons. The Hall–Kier alpha value is -2.42. The molecule has 0 aliphatic carbocycles. The smallest absolute Gasteiger partial charge is 0.244 e. The Labute approximate surface area is 143 Å². The average Bonchev–Trinajstić information content (AvgIpc) is 2.59. The molecular weight excluding hydrogens is 301 g/mol. The van der Waals surface area contributed by atoms with Gasteiger partial charge in [-0.15, -0.1) is 0 Å². The minimum atomic E-state index is -0.285. The van der Waals surface area contributed by atoms with Gasteiger partial charge in [0.25, 0.3) is 0 Å². The Morgan fingerprint density at radius 1 is 1.08 bits per heavy atom. The monoisotopic (exact) mass is 325 g/mol. The molecule has 1 amide bonds. The van der Waals surface area contributed by atoms with Crippen LogP contribution in [0.5, 0.6) is 0 Å².